The van der Waals surface area contributed by atoms with Crippen molar-refractivity contribution in [3.8, 4) is 0 Å². The Hall–Kier alpha value is -2.34. The number of aryl methyl sites for hydroxylation is 2. The minimum absolute atomic E-state index is 0.0967. The van der Waals surface area contributed by atoms with E-state index in [9.17, 15) is 9.59 Å². The lowest BCUT2D eigenvalue weighted by Crippen LogP contribution is -2.41. The van der Waals surface area contributed by atoms with Gasteiger partial charge in [-0.3, -0.25) is 14.3 Å². The van der Waals surface area contributed by atoms with Gasteiger partial charge in [0.05, 0.1) is 6.20 Å². The summed E-state index contributed by atoms with van der Waals surface area (Å²) in [5.41, 5.74) is 1.81. The molecule has 1 saturated heterocycles. The molecule has 24 heavy (non-hydrogen) atoms. The molecule has 1 N–H and O–H groups in total. The van der Waals surface area contributed by atoms with E-state index in [1.54, 1.807) is 27.9 Å². The smallest absolute Gasteiger partial charge is 0.249 e. The van der Waals surface area contributed by atoms with Crippen molar-refractivity contribution in [3.05, 3.63) is 47.2 Å². The summed E-state index contributed by atoms with van der Waals surface area (Å²) < 4.78 is 1.73. The van der Waals surface area contributed by atoms with E-state index < -0.39 is 6.04 Å². The number of anilines is 1. The number of nitrogens with zero attached hydrogens (tertiary/aromatic N) is 3. The van der Waals surface area contributed by atoms with Crippen LogP contribution in [-0.2, 0) is 16.1 Å². The first kappa shape index (κ1) is 16.5. The van der Waals surface area contributed by atoms with Crippen LogP contribution in [0, 0.1) is 6.92 Å². The Morgan fingerprint density at radius 2 is 2.29 bits per heavy atom. The SMILES string of the molecule is Cc1cnn(CCC(=O)NC2CCN(c3cccc(Cl)c3)C2=O)c1. The predicted molar refractivity (Wildman–Crippen MR) is 91.9 cm³/mol. The molecular formula is C17H19ClN4O2. The van der Waals surface area contributed by atoms with Crippen molar-refractivity contribution in [2.24, 2.45) is 0 Å². The molecule has 0 spiro atoms. The fourth-order valence-corrected chi connectivity index (χ4v) is 2.97. The molecular weight excluding hydrogens is 328 g/mol. The van der Waals surface area contributed by atoms with Crippen LogP contribution in [0.25, 0.3) is 0 Å². The molecule has 0 aliphatic carbocycles. The highest BCUT2D eigenvalue weighted by molar-refractivity contribution is 6.31. The standard InChI is InChI=1S/C17H19ClN4O2/c1-12-10-19-21(11-12)7-6-16(23)20-15-5-8-22(17(15)24)14-4-2-3-13(18)9-14/h2-4,9-11,15H,5-8H2,1H3,(H,20,23). The lowest BCUT2D eigenvalue weighted by Gasteiger charge is -2.17. The Balaban J connectivity index is 1.54. The zero-order chi connectivity index (χ0) is 17.1. The molecule has 0 saturated carbocycles. The van der Waals surface area contributed by atoms with Gasteiger partial charge in [0.15, 0.2) is 0 Å². The molecule has 0 bridgehead atoms. The van der Waals surface area contributed by atoms with Crippen LogP contribution in [0.2, 0.25) is 5.02 Å². The predicted octanol–water partition coefficient (Wildman–Crippen LogP) is 2.16. The van der Waals surface area contributed by atoms with E-state index >= 15 is 0 Å². The van der Waals surface area contributed by atoms with E-state index in [4.69, 9.17) is 11.6 Å². The van der Waals surface area contributed by atoms with Crippen molar-refractivity contribution in [2.75, 3.05) is 11.4 Å². The fourth-order valence-electron chi connectivity index (χ4n) is 2.79. The van der Waals surface area contributed by atoms with Crippen molar-refractivity contribution in [1.82, 2.24) is 15.1 Å². The van der Waals surface area contributed by atoms with Crippen LogP contribution in [0.4, 0.5) is 5.69 Å². The zero-order valence-corrected chi connectivity index (χ0v) is 14.2. The topological polar surface area (TPSA) is 67.2 Å². The molecule has 7 heteroatoms. The molecule has 3 rings (SSSR count). The summed E-state index contributed by atoms with van der Waals surface area (Å²) in [6.07, 6.45) is 4.52. The molecule has 2 heterocycles. The first-order valence-electron chi connectivity index (χ1n) is 7.88. The number of nitrogens with one attached hydrogen (secondary N) is 1. The van der Waals surface area contributed by atoms with Crippen molar-refractivity contribution in [3.63, 3.8) is 0 Å². The van der Waals surface area contributed by atoms with Gasteiger partial charge >= 0.3 is 0 Å². The molecule has 126 valence electrons. The Kier molecular flexibility index (Phi) is 4.85. The molecule has 1 atom stereocenters. The first-order chi connectivity index (χ1) is 11.5. The number of aromatic nitrogens is 2. The van der Waals surface area contributed by atoms with E-state index in [2.05, 4.69) is 10.4 Å². The molecule has 1 aliphatic rings. The number of benzene rings is 1. The van der Waals surface area contributed by atoms with Gasteiger partial charge in [-0.15, -0.1) is 0 Å². The first-order valence-corrected chi connectivity index (χ1v) is 8.26. The summed E-state index contributed by atoms with van der Waals surface area (Å²) in [6.45, 7) is 3.02. The van der Waals surface area contributed by atoms with Crippen LogP contribution in [-0.4, -0.2) is 34.2 Å². The second kappa shape index (κ2) is 7.05. The van der Waals surface area contributed by atoms with Gasteiger partial charge in [0.25, 0.3) is 0 Å². The summed E-state index contributed by atoms with van der Waals surface area (Å²) in [5.74, 6) is -0.241. The lowest BCUT2D eigenvalue weighted by molar-refractivity contribution is -0.126. The molecule has 2 aromatic rings. The maximum Gasteiger partial charge on any atom is 0.249 e. The van der Waals surface area contributed by atoms with Crippen LogP contribution in [0.3, 0.4) is 0 Å². The Labute approximate surface area is 145 Å². The quantitative estimate of drug-likeness (QED) is 0.902. The third-order valence-corrected chi connectivity index (χ3v) is 4.23. The van der Waals surface area contributed by atoms with Crippen molar-refractivity contribution in [2.45, 2.75) is 32.4 Å². The van der Waals surface area contributed by atoms with Gasteiger partial charge in [-0.2, -0.15) is 5.10 Å². The van der Waals surface area contributed by atoms with Crippen LogP contribution < -0.4 is 10.2 Å². The molecule has 2 amide bonds. The third-order valence-electron chi connectivity index (χ3n) is 3.99. The largest absolute Gasteiger partial charge is 0.344 e. The number of carbonyl (C=O) groups is 2. The lowest BCUT2D eigenvalue weighted by atomic mass is 10.2. The number of hydrogen-bond donors (Lipinski definition) is 1. The maximum atomic E-state index is 12.5. The van der Waals surface area contributed by atoms with Gasteiger partial charge in [0.1, 0.15) is 6.04 Å². The number of amides is 2. The summed E-state index contributed by atoms with van der Waals surface area (Å²) in [5, 5.41) is 7.54. The highest BCUT2D eigenvalue weighted by Crippen LogP contribution is 2.24. The van der Waals surface area contributed by atoms with Gasteiger partial charge in [-0.25, -0.2) is 0 Å². The Morgan fingerprint density at radius 3 is 3.00 bits per heavy atom. The van der Waals surface area contributed by atoms with Crippen LogP contribution in [0.15, 0.2) is 36.7 Å². The highest BCUT2D eigenvalue weighted by Gasteiger charge is 2.33. The van der Waals surface area contributed by atoms with E-state index in [-0.39, 0.29) is 11.8 Å². The minimum atomic E-state index is -0.476. The van der Waals surface area contributed by atoms with Gasteiger partial charge < -0.3 is 10.2 Å². The van der Waals surface area contributed by atoms with Crippen LogP contribution >= 0.6 is 11.6 Å². The van der Waals surface area contributed by atoms with Crippen molar-refractivity contribution >= 4 is 29.1 Å². The second-order valence-electron chi connectivity index (χ2n) is 5.91. The van der Waals surface area contributed by atoms with E-state index in [0.29, 0.717) is 31.0 Å². The summed E-state index contributed by atoms with van der Waals surface area (Å²) in [4.78, 5) is 26.2. The summed E-state index contributed by atoms with van der Waals surface area (Å²) in [7, 11) is 0. The molecule has 1 aliphatic heterocycles. The van der Waals surface area contributed by atoms with Gasteiger partial charge in [0, 0.05) is 36.4 Å². The number of hydrogen-bond acceptors (Lipinski definition) is 3. The molecule has 1 aromatic carbocycles. The monoisotopic (exact) mass is 346 g/mol. The van der Waals surface area contributed by atoms with Crippen LogP contribution in [0.5, 0.6) is 0 Å². The summed E-state index contributed by atoms with van der Waals surface area (Å²) >= 11 is 5.98. The van der Waals surface area contributed by atoms with Crippen molar-refractivity contribution in [1.29, 1.82) is 0 Å². The van der Waals surface area contributed by atoms with E-state index in [1.807, 2.05) is 25.3 Å². The Bertz CT molecular complexity index is 759. The van der Waals surface area contributed by atoms with Crippen LogP contribution in [0.1, 0.15) is 18.4 Å². The molecule has 1 unspecified atom stereocenters. The third kappa shape index (κ3) is 3.76. The molecule has 1 aromatic heterocycles. The minimum Gasteiger partial charge on any atom is -0.344 e. The number of rotatable bonds is 5. The molecule has 6 nitrogen and oxygen atoms in total. The molecule has 1 fully saturated rings. The molecule has 0 radical (unpaired) electrons. The number of halogens is 1. The summed E-state index contributed by atoms with van der Waals surface area (Å²) in [6, 6.07) is 6.69. The highest BCUT2D eigenvalue weighted by atomic mass is 35.5. The van der Waals surface area contributed by atoms with E-state index in [1.165, 1.54) is 0 Å². The second-order valence-corrected chi connectivity index (χ2v) is 6.35. The average molecular weight is 347 g/mol. The Morgan fingerprint density at radius 1 is 1.46 bits per heavy atom. The van der Waals surface area contributed by atoms with Crippen molar-refractivity contribution < 1.29 is 9.59 Å². The number of carbonyl (C=O) groups excluding carboxylic acids is 2. The normalized spacial score (nSPS) is 17.3. The van der Waals surface area contributed by atoms with Gasteiger partial charge in [-0.1, -0.05) is 17.7 Å². The zero-order valence-electron chi connectivity index (χ0n) is 13.4. The fraction of sp³-hybridized carbons (Fsp3) is 0.353. The average Bonchev–Trinajstić information content (AvgIpc) is 3.12. The van der Waals surface area contributed by atoms with Gasteiger partial charge in [-0.05, 0) is 37.1 Å². The van der Waals surface area contributed by atoms with Gasteiger partial charge in [0.2, 0.25) is 11.8 Å². The van der Waals surface area contributed by atoms with E-state index in [0.717, 1.165) is 11.3 Å². The maximum absolute atomic E-state index is 12.5.